The fraction of sp³-hybridized carbons (Fsp3) is 0.310. The fourth-order valence-corrected chi connectivity index (χ4v) is 5.33. The van der Waals surface area contributed by atoms with Crippen LogP contribution < -0.4 is 10.6 Å². The van der Waals surface area contributed by atoms with E-state index in [2.05, 4.69) is 71.3 Å². The van der Waals surface area contributed by atoms with Gasteiger partial charge in [0, 0.05) is 24.4 Å². The molecule has 2 N–H and O–H groups in total. The second-order valence-electron chi connectivity index (χ2n) is 9.51. The summed E-state index contributed by atoms with van der Waals surface area (Å²) in [6.07, 6.45) is 4.93. The molecule has 1 atom stereocenters. The molecule has 2 aliphatic rings. The third-order valence-electron chi connectivity index (χ3n) is 7.09. The molecule has 1 saturated heterocycles. The van der Waals surface area contributed by atoms with E-state index in [0.29, 0.717) is 19.3 Å². The first-order valence-corrected chi connectivity index (χ1v) is 11.9. The Morgan fingerprint density at radius 2 is 1.52 bits per heavy atom. The molecule has 0 spiro atoms. The van der Waals surface area contributed by atoms with Crippen molar-refractivity contribution < 1.29 is 9.59 Å². The molecule has 5 rings (SSSR count). The minimum Gasteiger partial charge on any atom is -0.353 e. The van der Waals surface area contributed by atoms with Gasteiger partial charge in [0.15, 0.2) is 0 Å². The van der Waals surface area contributed by atoms with E-state index < -0.39 is 0 Å². The monoisotopic (exact) mass is 438 g/mol. The molecular weight excluding hydrogens is 408 g/mol. The van der Waals surface area contributed by atoms with Gasteiger partial charge in [0.25, 0.3) is 0 Å². The summed E-state index contributed by atoms with van der Waals surface area (Å²) >= 11 is 0. The van der Waals surface area contributed by atoms with E-state index in [-0.39, 0.29) is 23.4 Å². The summed E-state index contributed by atoms with van der Waals surface area (Å²) in [6, 6.07) is 27.5. The van der Waals surface area contributed by atoms with Gasteiger partial charge < -0.3 is 10.6 Å². The van der Waals surface area contributed by atoms with Gasteiger partial charge in [0.05, 0.1) is 0 Å². The summed E-state index contributed by atoms with van der Waals surface area (Å²) in [4.78, 5) is 24.9. The van der Waals surface area contributed by atoms with Crippen LogP contribution in [0.25, 0.3) is 11.1 Å². The van der Waals surface area contributed by atoms with Crippen LogP contribution in [-0.4, -0.2) is 23.4 Å². The van der Waals surface area contributed by atoms with Gasteiger partial charge in [0.2, 0.25) is 11.8 Å². The van der Waals surface area contributed by atoms with Crippen molar-refractivity contribution in [2.75, 3.05) is 0 Å². The predicted octanol–water partition coefficient (Wildman–Crippen LogP) is 4.61. The Morgan fingerprint density at radius 3 is 2.15 bits per heavy atom. The number of fused-ring (bicyclic) bond motifs is 1. The third kappa shape index (κ3) is 5.00. The van der Waals surface area contributed by atoms with Gasteiger partial charge in [-0.3, -0.25) is 9.59 Å². The quantitative estimate of drug-likeness (QED) is 0.566. The highest BCUT2D eigenvalue weighted by Crippen LogP contribution is 2.31. The van der Waals surface area contributed by atoms with E-state index in [4.69, 9.17) is 0 Å². The van der Waals surface area contributed by atoms with E-state index in [1.807, 2.05) is 18.2 Å². The lowest BCUT2D eigenvalue weighted by Gasteiger charge is -2.29. The average Bonchev–Trinajstić information content (AvgIpc) is 3.41. The molecule has 1 fully saturated rings. The summed E-state index contributed by atoms with van der Waals surface area (Å²) in [5.74, 6) is 0.162. The summed E-state index contributed by atoms with van der Waals surface area (Å²) in [5, 5.41) is 6.42. The van der Waals surface area contributed by atoms with Gasteiger partial charge in [-0.25, -0.2) is 0 Å². The summed E-state index contributed by atoms with van der Waals surface area (Å²) in [5.41, 5.74) is 5.88. The second-order valence-corrected chi connectivity index (χ2v) is 9.51. The minimum atomic E-state index is -0.346. The highest BCUT2D eigenvalue weighted by molar-refractivity contribution is 5.80. The summed E-state index contributed by atoms with van der Waals surface area (Å²) in [7, 11) is 0. The fourth-order valence-electron chi connectivity index (χ4n) is 5.33. The van der Waals surface area contributed by atoms with E-state index in [9.17, 15) is 9.59 Å². The van der Waals surface area contributed by atoms with Crippen molar-refractivity contribution in [1.82, 2.24) is 10.6 Å². The molecule has 1 aliphatic carbocycles. The zero-order valence-corrected chi connectivity index (χ0v) is 18.8. The number of carbonyl (C=O) groups excluding carboxylic acids is 2. The molecule has 0 saturated carbocycles. The molecule has 33 heavy (non-hydrogen) atoms. The molecular formula is C29H30N2O2. The maximum absolute atomic E-state index is 12.8. The Balaban J connectivity index is 1.20. The van der Waals surface area contributed by atoms with Crippen molar-refractivity contribution in [1.29, 1.82) is 0 Å². The van der Waals surface area contributed by atoms with Crippen LogP contribution in [0.5, 0.6) is 0 Å². The number of benzene rings is 3. The van der Waals surface area contributed by atoms with Crippen molar-refractivity contribution >= 4 is 11.8 Å². The number of rotatable bonds is 7. The molecule has 0 bridgehead atoms. The molecule has 4 nitrogen and oxygen atoms in total. The lowest BCUT2D eigenvalue weighted by Crippen LogP contribution is -2.45. The SMILES string of the molecule is O=C(CC[C@]1(Cc2ccc(-c3ccccc3)cc2)CCC(=O)N1)NC1Cc2ccccc2C1. The Hall–Kier alpha value is -3.40. The van der Waals surface area contributed by atoms with E-state index in [0.717, 1.165) is 25.7 Å². The largest absolute Gasteiger partial charge is 0.353 e. The first-order valence-electron chi connectivity index (χ1n) is 11.9. The van der Waals surface area contributed by atoms with Crippen LogP contribution in [0.3, 0.4) is 0 Å². The van der Waals surface area contributed by atoms with Crippen molar-refractivity contribution in [3.8, 4) is 11.1 Å². The average molecular weight is 439 g/mol. The summed E-state index contributed by atoms with van der Waals surface area (Å²) < 4.78 is 0. The lowest BCUT2D eigenvalue weighted by atomic mass is 9.84. The first kappa shape index (κ1) is 21.4. The standard InChI is InChI=1S/C29H30N2O2/c32-27(30-26-18-24-8-4-5-9-25(24)19-26)14-16-29(17-15-28(33)31-29)20-21-10-12-23(13-11-21)22-6-2-1-3-7-22/h1-13,26H,14-20H2,(H,30,32)(H,31,33)/t29-/m1/s1. The zero-order valence-electron chi connectivity index (χ0n) is 18.8. The number of hydrogen-bond acceptors (Lipinski definition) is 2. The maximum atomic E-state index is 12.8. The number of hydrogen-bond donors (Lipinski definition) is 2. The molecule has 4 heteroatoms. The van der Waals surface area contributed by atoms with Crippen LogP contribution in [0.1, 0.15) is 42.4 Å². The lowest BCUT2D eigenvalue weighted by molar-refractivity contribution is -0.123. The molecule has 2 amide bonds. The van der Waals surface area contributed by atoms with Crippen molar-refractivity contribution in [3.63, 3.8) is 0 Å². The summed E-state index contributed by atoms with van der Waals surface area (Å²) in [6.45, 7) is 0. The van der Waals surface area contributed by atoms with Crippen LogP contribution in [0, 0.1) is 0 Å². The second kappa shape index (κ2) is 9.22. The van der Waals surface area contributed by atoms with Crippen LogP contribution in [0.4, 0.5) is 0 Å². The van der Waals surface area contributed by atoms with Crippen molar-refractivity contribution in [3.05, 3.63) is 95.6 Å². The van der Waals surface area contributed by atoms with Gasteiger partial charge in [-0.15, -0.1) is 0 Å². The normalized spacial score (nSPS) is 19.8. The molecule has 3 aromatic rings. The van der Waals surface area contributed by atoms with Gasteiger partial charge in [-0.2, -0.15) is 0 Å². The van der Waals surface area contributed by atoms with Gasteiger partial charge in [-0.05, 0) is 59.9 Å². The molecule has 0 radical (unpaired) electrons. The Kier molecular flexibility index (Phi) is 5.99. The van der Waals surface area contributed by atoms with Gasteiger partial charge in [-0.1, -0.05) is 78.9 Å². The van der Waals surface area contributed by atoms with Crippen molar-refractivity contribution in [2.45, 2.75) is 56.5 Å². The molecule has 0 aromatic heterocycles. The molecule has 1 aliphatic heterocycles. The zero-order chi connectivity index (χ0) is 22.7. The van der Waals surface area contributed by atoms with E-state index in [1.165, 1.54) is 27.8 Å². The Labute approximate surface area is 195 Å². The van der Waals surface area contributed by atoms with Crippen molar-refractivity contribution in [2.24, 2.45) is 0 Å². The first-order chi connectivity index (χ1) is 16.1. The van der Waals surface area contributed by atoms with Crippen LogP contribution in [0.2, 0.25) is 0 Å². The molecule has 3 aromatic carbocycles. The Morgan fingerprint density at radius 1 is 0.879 bits per heavy atom. The molecule has 0 unspecified atom stereocenters. The minimum absolute atomic E-state index is 0.0766. The van der Waals surface area contributed by atoms with Gasteiger partial charge in [0.1, 0.15) is 0 Å². The topological polar surface area (TPSA) is 58.2 Å². The van der Waals surface area contributed by atoms with Crippen LogP contribution >= 0.6 is 0 Å². The number of amides is 2. The highest BCUT2D eigenvalue weighted by Gasteiger charge is 2.38. The third-order valence-corrected chi connectivity index (χ3v) is 7.09. The Bertz CT molecular complexity index is 1110. The highest BCUT2D eigenvalue weighted by atomic mass is 16.2. The van der Waals surface area contributed by atoms with Crippen LogP contribution in [0.15, 0.2) is 78.9 Å². The number of nitrogens with one attached hydrogen (secondary N) is 2. The smallest absolute Gasteiger partial charge is 0.220 e. The van der Waals surface area contributed by atoms with E-state index in [1.54, 1.807) is 0 Å². The molecule has 1 heterocycles. The van der Waals surface area contributed by atoms with Gasteiger partial charge >= 0.3 is 0 Å². The van der Waals surface area contributed by atoms with E-state index >= 15 is 0 Å². The number of carbonyl (C=O) groups is 2. The van der Waals surface area contributed by atoms with Crippen LogP contribution in [-0.2, 0) is 28.9 Å². The maximum Gasteiger partial charge on any atom is 0.220 e. The predicted molar refractivity (Wildman–Crippen MR) is 131 cm³/mol. The molecule has 168 valence electrons.